The highest BCUT2D eigenvalue weighted by atomic mass is 16.5. The molecule has 2 aromatic rings. The summed E-state index contributed by atoms with van der Waals surface area (Å²) in [5.41, 5.74) is 1.89. The topological polar surface area (TPSA) is 80.6 Å². The largest absolute Gasteiger partial charge is 0.468 e. The van der Waals surface area contributed by atoms with Crippen LogP contribution in [0.2, 0.25) is 0 Å². The Morgan fingerprint density at radius 1 is 1.25 bits per heavy atom. The van der Waals surface area contributed by atoms with Crippen LogP contribution < -0.4 is 0 Å². The zero-order valence-electron chi connectivity index (χ0n) is 14.1. The normalized spacial score (nSPS) is 19.3. The second-order valence-corrected chi connectivity index (χ2v) is 6.05. The lowest BCUT2D eigenvalue weighted by atomic mass is 10.2. The minimum Gasteiger partial charge on any atom is -0.468 e. The predicted octanol–water partition coefficient (Wildman–Crippen LogP) is 0.288. The molecule has 0 radical (unpaired) electrons. The zero-order valence-corrected chi connectivity index (χ0v) is 14.1. The van der Waals surface area contributed by atoms with Gasteiger partial charge in [-0.25, -0.2) is 9.97 Å². The predicted molar refractivity (Wildman–Crippen MR) is 87.5 cm³/mol. The number of carbonyl (C=O) groups excluding carboxylic acids is 2. The Balaban J connectivity index is 1.85. The van der Waals surface area contributed by atoms with Crippen LogP contribution in [0.15, 0.2) is 18.6 Å². The number of ether oxygens (including phenoxy) is 1. The maximum Gasteiger partial charge on any atom is 0.324 e. The lowest BCUT2D eigenvalue weighted by Crippen LogP contribution is -2.46. The number of methoxy groups -OCH3 is 1. The Labute approximate surface area is 140 Å². The SMILES string of the molecule is COC(=O)C1CN(C(=O)c2cnc3c(c2)ncn3C)CCCN1C. The van der Waals surface area contributed by atoms with E-state index in [0.717, 1.165) is 18.6 Å². The van der Waals surface area contributed by atoms with Gasteiger partial charge in [0.1, 0.15) is 11.6 Å². The molecule has 1 amide bonds. The van der Waals surface area contributed by atoms with Gasteiger partial charge in [0, 0.05) is 32.9 Å². The van der Waals surface area contributed by atoms with E-state index in [0.29, 0.717) is 24.2 Å². The summed E-state index contributed by atoms with van der Waals surface area (Å²) in [7, 11) is 5.10. The van der Waals surface area contributed by atoms with E-state index >= 15 is 0 Å². The molecule has 0 saturated carbocycles. The Morgan fingerprint density at radius 3 is 2.79 bits per heavy atom. The van der Waals surface area contributed by atoms with E-state index in [4.69, 9.17) is 4.74 Å². The molecule has 128 valence electrons. The van der Waals surface area contributed by atoms with Gasteiger partial charge < -0.3 is 14.2 Å². The number of fused-ring (bicyclic) bond motifs is 1. The van der Waals surface area contributed by atoms with Crippen molar-refractivity contribution in [1.29, 1.82) is 0 Å². The molecule has 0 N–H and O–H groups in total. The van der Waals surface area contributed by atoms with Gasteiger partial charge in [0.25, 0.3) is 5.91 Å². The van der Waals surface area contributed by atoms with Crippen LogP contribution >= 0.6 is 0 Å². The van der Waals surface area contributed by atoms with Crippen LogP contribution in [-0.4, -0.2) is 76.0 Å². The second kappa shape index (κ2) is 6.56. The Kier molecular flexibility index (Phi) is 4.48. The first-order valence-electron chi connectivity index (χ1n) is 7.85. The first-order chi connectivity index (χ1) is 11.5. The number of nitrogens with zero attached hydrogens (tertiary/aromatic N) is 5. The van der Waals surface area contributed by atoms with Gasteiger partial charge >= 0.3 is 5.97 Å². The Morgan fingerprint density at radius 2 is 2.04 bits per heavy atom. The van der Waals surface area contributed by atoms with Gasteiger partial charge in [-0.15, -0.1) is 0 Å². The third kappa shape index (κ3) is 2.96. The van der Waals surface area contributed by atoms with Crippen molar-refractivity contribution in [1.82, 2.24) is 24.3 Å². The molecule has 24 heavy (non-hydrogen) atoms. The monoisotopic (exact) mass is 331 g/mol. The van der Waals surface area contributed by atoms with Crippen LogP contribution in [0.1, 0.15) is 16.8 Å². The van der Waals surface area contributed by atoms with Crippen molar-refractivity contribution >= 4 is 23.0 Å². The molecule has 3 heterocycles. The van der Waals surface area contributed by atoms with Crippen molar-refractivity contribution in [3.63, 3.8) is 0 Å². The van der Waals surface area contributed by atoms with Crippen molar-refractivity contribution in [2.75, 3.05) is 33.8 Å². The molecule has 0 bridgehead atoms. The quantitative estimate of drug-likeness (QED) is 0.736. The number of aromatic nitrogens is 3. The van der Waals surface area contributed by atoms with E-state index in [-0.39, 0.29) is 11.9 Å². The van der Waals surface area contributed by atoms with E-state index < -0.39 is 6.04 Å². The third-order valence-electron chi connectivity index (χ3n) is 4.42. The smallest absolute Gasteiger partial charge is 0.324 e. The average Bonchev–Trinajstić information content (AvgIpc) is 2.84. The number of hydrogen-bond acceptors (Lipinski definition) is 6. The summed E-state index contributed by atoms with van der Waals surface area (Å²) in [6.45, 7) is 1.64. The molecule has 1 atom stereocenters. The fraction of sp³-hybridized carbons (Fsp3) is 0.500. The van der Waals surface area contributed by atoms with Crippen LogP contribution in [0, 0.1) is 0 Å². The molecule has 3 rings (SSSR count). The van der Waals surface area contributed by atoms with E-state index in [2.05, 4.69) is 9.97 Å². The number of hydrogen-bond donors (Lipinski definition) is 0. The fourth-order valence-electron chi connectivity index (χ4n) is 3.00. The molecule has 1 unspecified atom stereocenters. The summed E-state index contributed by atoms with van der Waals surface area (Å²) in [4.78, 5) is 37.0. The van der Waals surface area contributed by atoms with E-state index in [1.165, 1.54) is 7.11 Å². The zero-order chi connectivity index (χ0) is 17.3. The van der Waals surface area contributed by atoms with Crippen LogP contribution in [0.5, 0.6) is 0 Å². The Bertz CT molecular complexity index is 772. The first kappa shape index (κ1) is 16.4. The molecule has 8 nitrogen and oxygen atoms in total. The van der Waals surface area contributed by atoms with Gasteiger partial charge in [-0.2, -0.15) is 0 Å². The van der Waals surface area contributed by atoms with Gasteiger partial charge in [0.2, 0.25) is 0 Å². The molecular formula is C16H21N5O3. The highest BCUT2D eigenvalue weighted by Gasteiger charge is 2.31. The van der Waals surface area contributed by atoms with Crippen molar-refractivity contribution in [2.24, 2.45) is 7.05 Å². The van der Waals surface area contributed by atoms with E-state index in [9.17, 15) is 9.59 Å². The third-order valence-corrected chi connectivity index (χ3v) is 4.42. The lowest BCUT2D eigenvalue weighted by molar-refractivity contribution is -0.146. The maximum absolute atomic E-state index is 12.8. The van der Waals surface area contributed by atoms with Crippen LogP contribution in [0.4, 0.5) is 0 Å². The summed E-state index contributed by atoms with van der Waals surface area (Å²) in [6.07, 6.45) is 4.03. The van der Waals surface area contributed by atoms with Crippen LogP contribution in [0.3, 0.4) is 0 Å². The molecule has 0 spiro atoms. The lowest BCUT2D eigenvalue weighted by Gasteiger charge is -2.26. The summed E-state index contributed by atoms with van der Waals surface area (Å²) in [6, 6.07) is 1.29. The highest BCUT2D eigenvalue weighted by molar-refractivity contribution is 5.96. The van der Waals surface area contributed by atoms with Crippen molar-refractivity contribution < 1.29 is 14.3 Å². The molecule has 2 aromatic heterocycles. The van der Waals surface area contributed by atoms with E-state index in [1.54, 1.807) is 28.1 Å². The molecule has 0 aliphatic carbocycles. The number of pyridine rings is 1. The van der Waals surface area contributed by atoms with Crippen molar-refractivity contribution in [2.45, 2.75) is 12.5 Å². The molecule has 1 aliphatic heterocycles. The number of amides is 1. The molecule has 8 heteroatoms. The summed E-state index contributed by atoms with van der Waals surface area (Å²) < 4.78 is 6.67. The minimum atomic E-state index is -0.451. The molecule has 1 fully saturated rings. The van der Waals surface area contributed by atoms with Gasteiger partial charge in [0.15, 0.2) is 5.65 Å². The molecule has 0 aromatic carbocycles. The fourth-order valence-corrected chi connectivity index (χ4v) is 3.00. The van der Waals surface area contributed by atoms with Gasteiger partial charge in [-0.05, 0) is 19.5 Å². The maximum atomic E-state index is 12.8. The Hall–Kier alpha value is -2.48. The van der Waals surface area contributed by atoms with Crippen molar-refractivity contribution in [3.8, 4) is 0 Å². The molecule has 1 saturated heterocycles. The van der Waals surface area contributed by atoms with Gasteiger partial charge in [0.05, 0.1) is 19.0 Å². The number of carbonyl (C=O) groups is 2. The van der Waals surface area contributed by atoms with Crippen molar-refractivity contribution in [3.05, 3.63) is 24.2 Å². The number of likely N-dealkylation sites (N-methyl/N-ethyl adjacent to an activating group) is 1. The summed E-state index contributed by atoms with van der Waals surface area (Å²) in [5.74, 6) is -0.463. The highest BCUT2D eigenvalue weighted by Crippen LogP contribution is 2.16. The van der Waals surface area contributed by atoms with Gasteiger partial charge in [-0.3, -0.25) is 14.5 Å². The molecular weight excluding hydrogens is 310 g/mol. The van der Waals surface area contributed by atoms with Crippen LogP contribution in [0.25, 0.3) is 11.2 Å². The average molecular weight is 331 g/mol. The van der Waals surface area contributed by atoms with E-state index in [1.807, 2.05) is 19.0 Å². The standard InChI is InChI=1S/C16H21N5O3/c1-19-5-4-6-21(9-13(19)16(23)24-3)15(22)11-7-12-14(17-8-11)20(2)10-18-12/h7-8,10,13H,4-6,9H2,1-3H3. The summed E-state index contributed by atoms with van der Waals surface area (Å²) >= 11 is 0. The summed E-state index contributed by atoms with van der Waals surface area (Å²) in [5, 5.41) is 0. The number of rotatable bonds is 2. The number of imidazole rings is 1. The minimum absolute atomic E-state index is 0.140. The molecule has 1 aliphatic rings. The number of esters is 1. The second-order valence-electron chi connectivity index (χ2n) is 6.05. The number of aryl methyl sites for hydroxylation is 1. The van der Waals surface area contributed by atoms with Gasteiger partial charge in [-0.1, -0.05) is 0 Å². The van der Waals surface area contributed by atoms with Crippen LogP contribution in [-0.2, 0) is 16.6 Å². The first-order valence-corrected chi connectivity index (χ1v) is 7.85.